The lowest BCUT2D eigenvalue weighted by molar-refractivity contribution is 0.0702. The van der Waals surface area contributed by atoms with Gasteiger partial charge in [0, 0.05) is 11.6 Å². The fraction of sp³-hybridized carbons (Fsp3) is 0.0909. The maximum Gasteiger partial charge on any atom is 0.345 e. The van der Waals surface area contributed by atoms with Crippen LogP contribution in [0.5, 0.6) is 0 Å². The van der Waals surface area contributed by atoms with Crippen molar-refractivity contribution in [3.8, 4) is 0 Å². The van der Waals surface area contributed by atoms with Gasteiger partial charge in [-0.3, -0.25) is 4.72 Å². The van der Waals surface area contributed by atoms with Crippen molar-refractivity contribution >= 4 is 44.6 Å². The topological polar surface area (TPSA) is 96.4 Å². The Hall–Kier alpha value is -1.64. The Balaban J connectivity index is 2.38. The highest BCUT2D eigenvalue weighted by atomic mass is 35.5. The van der Waals surface area contributed by atoms with Crippen molar-refractivity contribution in [3.05, 3.63) is 39.3 Å². The largest absolute Gasteiger partial charge is 0.477 e. The van der Waals surface area contributed by atoms with Crippen LogP contribution in [-0.4, -0.2) is 24.5 Å². The number of sulfonamides is 1. The number of anilines is 1. The van der Waals surface area contributed by atoms with Crippen LogP contribution in [0, 0.1) is 6.92 Å². The molecule has 0 spiro atoms. The van der Waals surface area contributed by atoms with Crippen LogP contribution < -0.4 is 4.72 Å². The van der Waals surface area contributed by atoms with Crippen molar-refractivity contribution in [1.82, 2.24) is 4.98 Å². The van der Waals surface area contributed by atoms with Gasteiger partial charge in [0.1, 0.15) is 4.88 Å². The molecule has 2 heterocycles. The van der Waals surface area contributed by atoms with E-state index in [2.05, 4.69) is 9.71 Å². The van der Waals surface area contributed by atoms with E-state index in [9.17, 15) is 13.2 Å². The van der Waals surface area contributed by atoms with Gasteiger partial charge in [0.05, 0.1) is 10.6 Å². The van der Waals surface area contributed by atoms with Crippen molar-refractivity contribution in [2.75, 3.05) is 4.72 Å². The fourth-order valence-corrected chi connectivity index (χ4v) is 3.97. The first kappa shape index (κ1) is 14.8. The number of aryl methyl sites for hydroxylation is 1. The third-order valence-electron chi connectivity index (χ3n) is 2.45. The molecule has 2 aromatic rings. The maximum absolute atomic E-state index is 12.2. The molecule has 0 amide bonds. The molecule has 2 N–H and O–H groups in total. The number of thiophene rings is 1. The molecule has 0 aromatic carbocycles. The summed E-state index contributed by atoms with van der Waals surface area (Å²) in [4.78, 5) is 14.4. The van der Waals surface area contributed by atoms with E-state index in [1.165, 1.54) is 11.6 Å². The summed E-state index contributed by atoms with van der Waals surface area (Å²) in [5.41, 5.74) is 0.791. The number of carboxylic acids is 1. The summed E-state index contributed by atoms with van der Waals surface area (Å²) in [6.45, 7) is 1.68. The second-order valence-corrected chi connectivity index (χ2v) is 6.80. The Morgan fingerprint density at radius 2 is 2.20 bits per heavy atom. The molecule has 20 heavy (non-hydrogen) atoms. The second-order valence-electron chi connectivity index (χ2n) is 3.85. The molecular formula is C11H9ClN2O4S2. The number of carboxylic acid groups (broad SMARTS) is 1. The van der Waals surface area contributed by atoms with E-state index in [1.807, 2.05) is 0 Å². The van der Waals surface area contributed by atoms with Crippen LogP contribution in [0.3, 0.4) is 0 Å². The molecule has 2 aromatic heterocycles. The van der Waals surface area contributed by atoms with E-state index in [0.717, 1.165) is 17.4 Å². The highest BCUT2D eigenvalue weighted by Crippen LogP contribution is 2.27. The van der Waals surface area contributed by atoms with Crippen molar-refractivity contribution in [1.29, 1.82) is 0 Å². The summed E-state index contributed by atoms with van der Waals surface area (Å²) in [6, 6.07) is 2.70. The quantitative estimate of drug-likeness (QED) is 0.839. The minimum absolute atomic E-state index is 0.0299. The summed E-state index contributed by atoms with van der Waals surface area (Å²) in [5.74, 6) is -1.17. The predicted molar refractivity (Wildman–Crippen MR) is 76.1 cm³/mol. The number of nitrogens with one attached hydrogen (secondary N) is 1. The zero-order valence-electron chi connectivity index (χ0n) is 10.1. The lowest BCUT2D eigenvalue weighted by atomic mass is 10.3. The normalized spacial score (nSPS) is 11.3. The Morgan fingerprint density at radius 3 is 2.75 bits per heavy atom. The van der Waals surface area contributed by atoms with Crippen LogP contribution in [0.4, 0.5) is 5.69 Å². The number of pyridine rings is 1. The molecule has 0 saturated carbocycles. The number of hydrogen-bond donors (Lipinski definition) is 2. The zero-order chi connectivity index (χ0) is 14.9. The molecular weight excluding hydrogens is 324 g/mol. The van der Waals surface area contributed by atoms with Crippen LogP contribution in [-0.2, 0) is 10.0 Å². The van der Waals surface area contributed by atoms with Gasteiger partial charge in [0.25, 0.3) is 10.0 Å². The van der Waals surface area contributed by atoms with Crippen molar-refractivity contribution < 1.29 is 18.3 Å². The molecule has 0 radical (unpaired) electrons. The summed E-state index contributed by atoms with van der Waals surface area (Å²) in [7, 11) is -3.90. The van der Waals surface area contributed by atoms with E-state index < -0.39 is 16.0 Å². The molecule has 0 unspecified atom stereocenters. The zero-order valence-corrected chi connectivity index (χ0v) is 12.5. The van der Waals surface area contributed by atoms with Gasteiger partial charge in [-0.2, -0.15) is 0 Å². The lowest BCUT2D eigenvalue weighted by Gasteiger charge is -2.10. The lowest BCUT2D eigenvalue weighted by Crippen LogP contribution is -2.13. The molecule has 0 fully saturated rings. The summed E-state index contributed by atoms with van der Waals surface area (Å²) in [6.07, 6.45) is 1.46. The highest BCUT2D eigenvalue weighted by molar-refractivity contribution is 7.92. The summed E-state index contributed by atoms with van der Waals surface area (Å²) >= 11 is 6.69. The van der Waals surface area contributed by atoms with Gasteiger partial charge < -0.3 is 5.11 Å². The van der Waals surface area contributed by atoms with Crippen LogP contribution in [0.15, 0.2) is 28.6 Å². The summed E-state index contributed by atoms with van der Waals surface area (Å²) < 4.78 is 26.6. The molecule has 0 bridgehead atoms. The molecule has 0 aliphatic heterocycles. The van der Waals surface area contributed by atoms with Gasteiger partial charge >= 0.3 is 5.97 Å². The maximum atomic E-state index is 12.2. The van der Waals surface area contributed by atoms with Crippen molar-refractivity contribution in [3.63, 3.8) is 0 Å². The van der Waals surface area contributed by atoms with E-state index in [0.29, 0.717) is 5.56 Å². The molecule has 106 valence electrons. The summed E-state index contributed by atoms with van der Waals surface area (Å²) in [5, 5.41) is 10.1. The monoisotopic (exact) mass is 332 g/mol. The smallest absolute Gasteiger partial charge is 0.345 e. The van der Waals surface area contributed by atoms with Gasteiger partial charge in [-0.25, -0.2) is 18.2 Å². The first-order valence-electron chi connectivity index (χ1n) is 5.27. The first-order valence-corrected chi connectivity index (χ1v) is 8.01. The van der Waals surface area contributed by atoms with Crippen molar-refractivity contribution in [2.45, 2.75) is 11.8 Å². The average Bonchev–Trinajstić information content (AvgIpc) is 2.84. The molecule has 0 atom stereocenters. The third kappa shape index (κ3) is 2.92. The number of nitrogens with zero attached hydrogens (tertiary/aromatic N) is 1. The predicted octanol–water partition coefficient (Wildman–Crippen LogP) is 2.60. The Morgan fingerprint density at radius 1 is 1.50 bits per heavy atom. The van der Waals surface area contributed by atoms with E-state index >= 15 is 0 Å². The number of carbonyl (C=O) groups is 1. The highest BCUT2D eigenvalue weighted by Gasteiger charge is 2.20. The SMILES string of the molecule is Cc1ccnc(Cl)c1NS(=O)(=O)c1csc(C(=O)O)c1. The minimum atomic E-state index is -3.90. The van der Waals surface area contributed by atoms with Gasteiger partial charge in [-0.1, -0.05) is 11.6 Å². The Labute approximate surface area is 124 Å². The number of rotatable bonds is 4. The third-order valence-corrected chi connectivity index (χ3v) is 5.13. The van der Waals surface area contributed by atoms with Crippen LogP contribution in [0.25, 0.3) is 0 Å². The van der Waals surface area contributed by atoms with Crippen LogP contribution >= 0.6 is 22.9 Å². The van der Waals surface area contributed by atoms with E-state index in [4.69, 9.17) is 16.7 Å². The van der Waals surface area contributed by atoms with E-state index in [-0.39, 0.29) is 20.6 Å². The van der Waals surface area contributed by atoms with Crippen LogP contribution in [0.2, 0.25) is 5.15 Å². The number of aromatic carboxylic acids is 1. The molecule has 2 rings (SSSR count). The molecule has 6 nitrogen and oxygen atoms in total. The molecule has 0 aliphatic rings. The Bertz CT molecular complexity index is 750. The van der Waals surface area contributed by atoms with Crippen molar-refractivity contribution in [2.24, 2.45) is 0 Å². The van der Waals surface area contributed by atoms with Crippen LogP contribution in [0.1, 0.15) is 15.2 Å². The van der Waals surface area contributed by atoms with Gasteiger partial charge in [-0.15, -0.1) is 11.3 Å². The second kappa shape index (κ2) is 5.39. The minimum Gasteiger partial charge on any atom is -0.477 e. The number of halogens is 1. The number of aromatic nitrogens is 1. The molecule has 9 heteroatoms. The standard InChI is InChI=1S/C11H9ClN2O4S2/c1-6-2-3-13-10(12)9(6)14-20(17,18)7-4-8(11(15)16)19-5-7/h2-5,14H,1H3,(H,15,16). The molecule has 0 saturated heterocycles. The first-order chi connectivity index (χ1) is 9.31. The van der Waals surface area contributed by atoms with E-state index in [1.54, 1.807) is 13.0 Å². The molecule has 0 aliphatic carbocycles. The Kier molecular flexibility index (Phi) is 3.98. The van der Waals surface area contributed by atoms with Gasteiger partial charge in [0.2, 0.25) is 0 Å². The van der Waals surface area contributed by atoms with Gasteiger partial charge in [-0.05, 0) is 24.6 Å². The fourth-order valence-electron chi connectivity index (χ4n) is 1.41. The van der Waals surface area contributed by atoms with Gasteiger partial charge in [0.15, 0.2) is 5.15 Å². The number of hydrogen-bond acceptors (Lipinski definition) is 5. The average molecular weight is 333 g/mol.